The number of hydrogen-bond donors (Lipinski definition) is 2. The van der Waals surface area contributed by atoms with Crippen LogP contribution in [0.4, 0.5) is 5.69 Å². The number of nitrogens with zero attached hydrogens (tertiary/aromatic N) is 2. The number of amides is 2. The first-order valence-corrected chi connectivity index (χ1v) is 11.8. The number of rotatable bonds is 6. The Kier molecular flexibility index (Phi) is 6.19. The number of ether oxygens (including phenoxy) is 1. The smallest absolute Gasteiger partial charge is 0.265 e. The number of fused-ring (bicyclic) bond motifs is 2. The number of carbonyl (C=O) groups excluding carboxylic acids is 2. The van der Waals surface area contributed by atoms with Crippen molar-refractivity contribution >= 4 is 28.4 Å². The Hall–Kier alpha value is -3.48. The van der Waals surface area contributed by atoms with Crippen molar-refractivity contribution < 1.29 is 14.3 Å². The van der Waals surface area contributed by atoms with E-state index in [4.69, 9.17) is 4.74 Å². The van der Waals surface area contributed by atoms with Crippen LogP contribution in [-0.4, -0.2) is 60.5 Å². The summed E-state index contributed by atoms with van der Waals surface area (Å²) in [6.45, 7) is 2.70. The third-order valence-corrected chi connectivity index (χ3v) is 6.53. The van der Waals surface area contributed by atoms with Crippen molar-refractivity contribution in [1.29, 1.82) is 0 Å². The van der Waals surface area contributed by atoms with Gasteiger partial charge in [0.05, 0.1) is 18.8 Å². The molecule has 7 heteroatoms. The van der Waals surface area contributed by atoms with Crippen LogP contribution >= 0.6 is 0 Å². The maximum atomic E-state index is 13.1. The van der Waals surface area contributed by atoms with Gasteiger partial charge in [0.1, 0.15) is 5.75 Å². The molecule has 1 saturated heterocycles. The monoisotopic (exact) mass is 446 g/mol. The molecule has 0 aliphatic carbocycles. The average molecular weight is 447 g/mol. The van der Waals surface area contributed by atoms with Gasteiger partial charge in [0.25, 0.3) is 5.91 Å². The second-order valence-corrected chi connectivity index (χ2v) is 8.80. The van der Waals surface area contributed by atoms with E-state index in [1.54, 1.807) is 0 Å². The molecule has 2 aliphatic heterocycles. The van der Waals surface area contributed by atoms with Gasteiger partial charge in [-0.2, -0.15) is 0 Å². The van der Waals surface area contributed by atoms with E-state index in [1.807, 2.05) is 52.4 Å². The Labute approximate surface area is 193 Å². The number of hydrogen-bond acceptors (Lipinski definition) is 4. The standard InChI is InChI=1S/C26H30N4O3/c31-25(27-13-12-19-16-28-21-9-3-2-8-20(19)21)18-30-17-24(26(32)29-14-6-1-7-15-29)33-23-11-5-4-10-22(23)30/h2-5,8-11,16,24,28H,1,6-7,12-15,17-18H2,(H,27,31)/t24-/m1/s1. The summed E-state index contributed by atoms with van der Waals surface area (Å²) >= 11 is 0. The van der Waals surface area contributed by atoms with Crippen LogP contribution in [0.5, 0.6) is 5.75 Å². The number of likely N-dealkylation sites (tertiary alicyclic amines) is 1. The highest BCUT2D eigenvalue weighted by atomic mass is 16.5. The van der Waals surface area contributed by atoms with Crippen LogP contribution < -0.4 is 15.0 Å². The SMILES string of the molecule is O=C(CN1C[C@H](C(=O)N2CCCCC2)Oc2ccccc21)NCCc1c[nH]c2ccccc12. The number of H-pyrrole nitrogens is 1. The Balaban J connectivity index is 1.21. The zero-order chi connectivity index (χ0) is 22.6. The maximum absolute atomic E-state index is 13.1. The highest BCUT2D eigenvalue weighted by Crippen LogP contribution is 2.33. The van der Waals surface area contributed by atoms with E-state index >= 15 is 0 Å². The predicted molar refractivity (Wildman–Crippen MR) is 129 cm³/mol. The van der Waals surface area contributed by atoms with E-state index < -0.39 is 6.10 Å². The first kappa shape index (κ1) is 21.4. The highest BCUT2D eigenvalue weighted by molar-refractivity contribution is 5.86. The highest BCUT2D eigenvalue weighted by Gasteiger charge is 2.34. The normalized spacial score (nSPS) is 18.0. The Bertz CT molecular complexity index is 1140. The number of para-hydroxylation sites is 3. The molecular formula is C26H30N4O3. The lowest BCUT2D eigenvalue weighted by atomic mass is 10.1. The minimum atomic E-state index is -0.586. The fourth-order valence-electron chi connectivity index (χ4n) is 4.81. The lowest BCUT2D eigenvalue weighted by molar-refractivity contribution is -0.139. The second-order valence-electron chi connectivity index (χ2n) is 8.80. The summed E-state index contributed by atoms with van der Waals surface area (Å²) in [6, 6.07) is 15.8. The second kappa shape index (κ2) is 9.57. The van der Waals surface area contributed by atoms with E-state index in [2.05, 4.69) is 22.4 Å². The average Bonchev–Trinajstić information content (AvgIpc) is 3.27. The summed E-state index contributed by atoms with van der Waals surface area (Å²) in [4.78, 5) is 33.0. The van der Waals surface area contributed by atoms with E-state index in [0.29, 0.717) is 18.8 Å². The molecule has 0 saturated carbocycles. The molecule has 33 heavy (non-hydrogen) atoms. The summed E-state index contributed by atoms with van der Waals surface area (Å²) in [5.41, 5.74) is 3.15. The summed E-state index contributed by atoms with van der Waals surface area (Å²) in [5, 5.41) is 4.23. The molecule has 1 fully saturated rings. The minimum absolute atomic E-state index is 0.0222. The van der Waals surface area contributed by atoms with E-state index in [0.717, 1.165) is 43.6 Å². The summed E-state index contributed by atoms with van der Waals surface area (Å²) < 4.78 is 6.06. The van der Waals surface area contributed by atoms with Gasteiger partial charge in [0.15, 0.2) is 6.10 Å². The molecule has 2 amide bonds. The van der Waals surface area contributed by atoms with E-state index in [9.17, 15) is 9.59 Å². The van der Waals surface area contributed by atoms with Gasteiger partial charge in [-0.1, -0.05) is 30.3 Å². The van der Waals surface area contributed by atoms with Crippen LogP contribution in [0.15, 0.2) is 54.7 Å². The maximum Gasteiger partial charge on any atom is 0.265 e. The van der Waals surface area contributed by atoms with Crippen molar-refractivity contribution in [3.05, 3.63) is 60.3 Å². The van der Waals surface area contributed by atoms with Gasteiger partial charge in [-0.15, -0.1) is 0 Å². The number of benzene rings is 2. The fraction of sp³-hybridized carbons (Fsp3) is 0.385. The number of aromatic nitrogens is 1. The summed E-state index contributed by atoms with van der Waals surface area (Å²) in [7, 11) is 0. The lowest BCUT2D eigenvalue weighted by Crippen LogP contribution is -2.53. The molecule has 0 bridgehead atoms. The summed E-state index contributed by atoms with van der Waals surface area (Å²) in [6.07, 6.45) is 5.42. The molecule has 3 heterocycles. The summed E-state index contributed by atoms with van der Waals surface area (Å²) in [5.74, 6) is 0.621. The number of aromatic amines is 1. The van der Waals surface area contributed by atoms with Gasteiger partial charge in [0, 0.05) is 36.7 Å². The number of anilines is 1. The quantitative estimate of drug-likeness (QED) is 0.610. The predicted octanol–water partition coefficient (Wildman–Crippen LogP) is 3.11. The van der Waals surface area contributed by atoms with Crippen molar-refractivity contribution in [2.45, 2.75) is 31.8 Å². The van der Waals surface area contributed by atoms with Gasteiger partial charge in [-0.3, -0.25) is 9.59 Å². The van der Waals surface area contributed by atoms with Crippen LogP contribution in [0.3, 0.4) is 0 Å². The fourth-order valence-corrected chi connectivity index (χ4v) is 4.81. The third kappa shape index (κ3) is 4.67. The number of nitrogens with one attached hydrogen (secondary N) is 2. The Morgan fingerprint density at radius 2 is 1.82 bits per heavy atom. The molecule has 2 aliphatic rings. The van der Waals surface area contributed by atoms with Gasteiger partial charge in [0.2, 0.25) is 5.91 Å². The van der Waals surface area contributed by atoms with Crippen molar-refractivity contribution in [1.82, 2.24) is 15.2 Å². The molecule has 3 aromatic rings. The molecule has 2 N–H and O–H groups in total. The molecule has 172 valence electrons. The van der Waals surface area contributed by atoms with Crippen molar-refractivity contribution in [2.24, 2.45) is 0 Å². The minimum Gasteiger partial charge on any atom is -0.477 e. The molecule has 1 aromatic heterocycles. The van der Waals surface area contributed by atoms with Crippen LogP contribution in [0.25, 0.3) is 10.9 Å². The molecule has 0 radical (unpaired) electrons. The van der Waals surface area contributed by atoms with Crippen molar-refractivity contribution in [2.75, 3.05) is 37.6 Å². The van der Waals surface area contributed by atoms with Gasteiger partial charge >= 0.3 is 0 Å². The first-order chi connectivity index (χ1) is 16.2. The third-order valence-electron chi connectivity index (χ3n) is 6.53. The topological polar surface area (TPSA) is 77.7 Å². The van der Waals surface area contributed by atoms with Gasteiger partial charge < -0.3 is 24.8 Å². The Morgan fingerprint density at radius 1 is 1.03 bits per heavy atom. The van der Waals surface area contributed by atoms with Gasteiger partial charge in [-0.25, -0.2) is 0 Å². The van der Waals surface area contributed by atoms with Crippen molar-refractivity contribution in [3.63, 3.8) is 0 Å². The van der Waals surface area contributed by atoms with Crippen LogP contribution in [0.1, 0.15) is 24.8 Å². The molecular weight excluding hydrogens is 416 g/mol. The first-order valence-electron chi connectivity index (χ1n) is 11.8. The van der Waals surface area contributed by atoms with E-state index in [1.165, 1.54) is 17.4 Å². The Morgan fingerprint density at radius 3 is 2.70 bits per heavy atom. The zero-order valence-electron chi connectivity index (χ0n) is 18.8. The van der Waals surface area contributed by atoms with Crippen LogP contribution in [-0.2, 0) is 16.0 Å². The van der Waals surface area contributed by atoms with Crippen LogP contribution in [0, 0.1) is 0 Å². The van der Waals surface area contributed by atoms with Gasteiger partial charge in [-0.05, 0) is 49.4 Å². The number of carbonyl (C=O) groups is 2. The molecule has 0 unspecified atom stereocenters. The zero-order valence-corrected chi connectivity index (χ0v) is 18.8. The number of piperidine rings is 1. The lowest BCUT2D eigenvalue weighted by Gasteiger charge is -2.38. The van der Waals surface area contributed by atoms with E-state index in [-0.39, 0.29) is 18.4 Å². The molecule has 0 spiro atoms. The molecule has 1 atom stereocenters. The van der Waals surface area contributed by atoms with Crippen molar-refractivity contribution in [3.8, 4) is 5.75 Å². The molecule has 2 aromatic carbocycles. The largest absolute Gasteiger partial charge is 0.477 e. The van der Waals surface area contributed by atoms with Crippen LogP contribution in [0.2, 0.25) is 0 Å². The molecule has 7 nitrogen and oxygen atoms in total. The molecule has 5 rings (SSSR count).